The van der Waals surface area contributed by atoms with Crippen molar-refractivity contribution in [1.29, 1.82) is 0 Å². The SMILES string of the molecule is CCCC(O)(O)OC(C)(C)c1ccccc1. The number of benzene rings is 1. The maximum absolute atomic E-state index is 9.64. The minimum atomic E-state index is -2.06. The Morgan fingerprint density at radius 3 is 2.19 bits per heavy atom. The van der Waals surface area contributed by atoms with Crippen LogP contribution in [0, 0.1) is 0 Å². The van der Waals surface area contributed by atoms with E-state index in [2.05, 4.69) is 0 Å². The van der Waals surface area contributed by atoms with Crippen molar-refractivity contribution in [3.05, 3.63) is 35.9 Å². The molecule has 90 valence electrons. The predicted molar refractivity (Wildman–Crippen MR) is 62.6 cm³/mol. The van der Waals surface area contributed by atoms with Gasteiger partial charge < -0.3 is 14.9 Å². The van der Waals surface area contributed by atoms with Gasteiger partial charge in [0.25, 0.3) is 5.97 Å². The van der Waals surface area contributed by atoms with E-state index < -0.39 is 11.6 Å². The number of aliphatic hydroxyl groups is 2. The van der Waals surface area contributed by atoms with Gasteiger partial charge in [-0.05, 0) is 25.8 Å². The molecule has 0 saturated carbocycles. The Balaban J connectivity index is 2.79. The second-order valence-electron chi connectivity index (χ2n) is 4.47. The van der Waals surface area contributed by atoms with Crippen molar-refractivity contribution < 1.29 is 14.9 Å². The summed E-state index contributed by atoms with van der Waals surface area (Å²) in [5, 5.41) is 19.3. The number of hydrogen-bond donors (Lipinski definition) is 2. The maximum Gasteiger partial charge on any atom is 0.278 e. The second kappa shape index (κ2) is 4.95. The third kappa shape index (κ3) is 3.59. The number of ether oxygens (including phenoxy) is 1. The molecule has 3 nitrogen and oxygen atoms in total. The fraction of sp³-hybridized carbons (Fsp3) is 0.538. The van der Waals surface area contributed by atoms with Crippen LogP contribution in [0.5, 0.6) is 0 Å². The zero-order chi connectivity index (χ0) is 12.2. The quantitative estimate of drug-likeness (QED) is 0.755. The van der Waals surface area contributed by atoms with Crippen LogP contribution in [-0.4, -0.2) is 16.2 Å². The van der Waals surface area contributed by atoms with Crippen molar-refractivity contribution in [3.63, 3.8) is 0 Å². The highest BCUT2D eigenvalue weighted by Crippen LogP contribution is 2.29. The summed E-state index contributed by atoms with van der Waals surface area (Å²) in [6.07, 6.45) is 0.848. The first kappa shape index (κ1) is 13.2. The van der Waals surface area contributed by atoms with E-state index in [1.165, 1.54) is 0 Å². The van der Waals surface area contributed by atoms with Crippen LogP contribution in [0.25, 0.3) is 0 Å². The Hall–Kier alpha value is -0.900. The molecule has 0 aliphatic heterocycles. The Bertz CT molecular complexity index is 317. The average Bonchev–Trinajstić information content (AvgIpc) is 2.17. The van der Waals surface area contributed by atoms with Gasteiger partial charge in [-0.25, -0.2) is 0 Å². The van der Waals surface area contributed by atoms with Gasteiger partial charge in [-0.3, -0.25) is 0 Å². The molecule has 0 aliphatic carbocycles. The number of hydrogen-bond acceptors (Lipinski definition) is 3. The van der Waals surface area contributed by atoms with Crippen molar-refractivity contribution in [2.45, 2.75) is 45.2 Å². The van der Waals surface area contributed by atoms with Crippen LogP contribution in [0.1, 0.15) is 39.2 Å². The third-order valence-corrected chi connectivity index (χ3v) is 2.46. The summed E-state index contributed by atoms with van der Waals surface area (Å²) in [6.45, 7) is 5.51. The average molecular weight is 224 g/mol. The zero-order valence-corrected chi connectivity index (χ0v) is 10.1. The van der Waals surface area contributed by atoms with Crippen molar-refractivity contribution >= 4 is 0 Å². The summed E-state index contributed by atoms with van der Waals surface area (Å²) in [6, 6.07) is 9.52. The highest BCUT2D eigenvalue weighted by atomic mass is 16.8. The van der Waals surface area contributed by atoms with Gasteiger partial charge in [0.05, 0.1) is 5.60 Å². The van der Waals surface area contributed by atoms with Gasteiger partial charge in [-0.1, -0.05) is 37.3 Å². The lowest BCUT2D eigenvalue weighted by Gasteiger charge is -2.33. The fourth-order valence-electron chi connectivity index (χ4n) is 1.68. The molecule has 0 unspecified atom stereocenters. The lowest BCUT2D eigenvalue weighted by molar-refractivity contribution is -0.377. The largest absolute Gasteiger partial charge is 0.343 e. The van der Waals surface area contributed by atoms with Crippen LogP contribution in [0.2, 0.25) is 0 Å². The van der Waals surface area contributed by atoms with E-state index in [0.717, 1.165) is 5.56 Å². The first-order valence-corrected chi connectivity index (χ1v) is 5.58. The molecule has 2 N–H and O–H groups in total. The lowest BCUT2D eigenvalue weighted by atomic mass is 9.98. The number of rotatable bonds is 5. The molecule has 1 rings (SSSR count). The molecular formula is C13H20O3. The highest BCUT2D eigenvalue weighted by Gasteiger charge is 2.33. The van der Waals surface area contributed by atoms with Crippen molar-refractivity contribution in [1.82, 2.24) is 0 Å². The summed E-state index contributed by atoms with van der Waals surface area (Å²) in [7, 11) is 0. The summed E-state index contributed by atoms with van der Waals surface area (Å²) >= 11 is 0. The van der Waals surface area contributed by atoms with E-state index in [1.54, 1.807) is 0 Å². The van der Waals surface area contributed by atoms with Crippen molar-refractivity contribution in [2.24, 2.45) is 0 Å². The van der Waals surface area contributed by atoms with Gasteiger partial charge in [0.1, 0.15) is 0 Å². The molecule has 0 aliphatic rings. The fourth-order valence-corrected chi connectivity index (χ4v) is 1.68. The standard InChI is InChI=1S/C13H20O3/c1-4-10-13(14,15)16-12(2,3)11-8-6-5-7-9-11/h5-9,14-15H,4,10H2,1-3H3. The Kier molecular flexibility index (Phi) is 4.08. The summed E-state index contributed by atoms with van der Waals surface area (Å²) in [5.74, 6) is -2.06. The zero-order valence-electron chi connectivity index (χ0n) is 10.1. The smallest absolute Gasteiger partial charge is 0.278 e. The van der Waals surface area contributed by atoms with Gasteiger partial charge >= 0.3 is 0 Å². The molecule has 0 fully saturated rings. The van der Waals surface area contributed by atoms with E-state index in [-0.39, 0.29) is 6.42 Å². The molecule has 0 aromatic heterocycles. The Morgan fingerprint density at radius 2 is 1.69 bits per heavy atom. The van der Waals surface area contributed by atoms with E-state index in [0.29, 0.717) is 6.42 Å². The van der Waals surface area contributed by atoms with E-state index in [1.807, 2.05) is 51.1 Å². The lowest BCUT2D eigenvalue weighted by Crippen LogP contribution is -2.39. The van der Waals surface area contributed by atoms with Crippen LogP contribution in [0.4, 0.5) is 0 Å². The van der Waals surface area contributed by atoms with Crippen LogP contribution < -0.4 is 0 Å². The molecule has 0 amide bonds. The molecule has 0 atom stereocenters. The third-order valence-electron chi connectivity index (χ3n) is 2.46. The first-order valence-electron chi connectivity index (χ1n) is 5.58. The van der Waals surface area contributed by atoms with Crippen LogP contribution in [0.3, 0.4) is 0 Å². The highest BCUT2D eigenvalue weighted by molar-refractivity contribution is 5.20. The van der Waals surface area contributed by atoms with E-state index in [4.69, 9.17) is 4.74 Å². The van der Waals surface area contributed by atoms with E-state index in [9.17, 15) is 10.2 Å². The maximum atomic E-state index is 9.64. The molecule has 16 heavy (non-hydrogen) atoms. The van der Waals surface area contributed by atoms with Gasteiger partial charge in [-0.2, -0.15) is 0 Å². The van der Waals surface area contributed by atoms with Gasteiger partial charge in [-0.15, -0.1) is 0 Å². The molecule has 3 heteroatoms. The Labute approximate surface area is 96.7 Å². The molecule has 0 spiro atoms. The van der Waals surface area contributed by atoms with Crippen LogP contribution >= 0.6 is 0 Å². The van der Waals surface area contributed by atoms with Crippen LogP contribution in [0.15, 0.2) is 30.3 Å². The van der Waals surface area contributed by atoms with Crippen molar-refractivity contribution in [2.75, 3.05) is 0 Å². The summed E-state index contributed by atoms with van der Waals surface area (Å²) in [5.41, 5.74) is 0.193. The predicted octanol–water partition coefficient (Wildman–Crippen LogP) is 2.38. The molecule has 0 saturated heterocycles. The molecular weight excluding hydrogens is 204 g/mol. The molecule has 0 radical (unpaired) electrons. The summed E-state index contributed by atoms with van der Waals surface area (Å²) < 4.78 is 5.36. The monoisotopic (exact) mass is 224 g/mol. The molecule has 1 aromatic carbocycles. The normalized spacial score (nSPS) is 12.8. The second-order valence-corrected chi connectivity index (χ2v) is 4.47. The van der Waals surface area contributed by atoms with Gasteiger partial charge in [0, 0.05) is 6.42 Å². The molecule has 0 heterocycles. The molecule has 1 aromatic rings. The summed E-state index contributed by atoms with van der Waals surface area (Å²) in [4.78, 5) is 0. The van der Waals surface area contributed by atoms with Gasteiger partial charge in [0.15, 0.2) is 0 Å². The van der Waals surface area contributed by atoms with Crippen LogP contribution in [-0.2, 0) is 10.3 Å². The first-order chi connectivity index (χ1) is 7.37. The molecule has 0 bridgehead atoms. The Morgan fingerprint density at radius 1 is 1.12 bits per heavy atom. The van der Waals surface area contributed by atoms with Crippen molar-refractivity contribution in [3.8, 4) is 0 Å². The van der Waals surface area contributed by atoms with E-state index >= 15 is 0 Å². The topological polar surface area (TPSA) is 49.7 Å². The minimum absolute atomic E-state index is 0.198. The minimum Gasteiger partial charge on any atom is -0.343 e. The van der Waals surface area contributed by atoms with Gasteiger partial charge in [0.2, 0.25) is 0 Å².